The van der Waals surface area contributed by atoms with Crippen LogP contribution in [0.3, 0.4) is 0 Å². The second-order valence-corrected chi connectivity index (χ2v) is 9.85. The van der Waals surface area contributed by atoms with Gasteiger partial charge in [-0.15, -0.1) is 0 Å². The number of ether oxygens (including phenoxy) is 1. The first kappa shape index (κ1) is 26.2. The molecule has 0 saturated heterocycles. The molecule has 1 atom stereocenters. The van der Waals surface area contributed by atoms with Gasteiger partial charge in [-0.05, 0) is 59.7 Å². The van der Waals surface area contributed by atoms with Crippen molar-refractivity contribution in [2.75, 3.05) is 7.11 Å². The second-order valence-electron chi connectivity index (χ2n) is 9.85. The Morgan fingerprint density at radius 2 is 1.69 bits per heavy atom. The zero-order valence-electron chi connectivity index (χ0n) is 22.7. The number of allylic oxidation sites excluding steroid dienone is 1. The topological polar surface area (TPSA) is 83.7 Å². The van der Waals surface area contributed by atoms with Crippen LogP contribution < -0.4 is 10.5 Å². The monoisotopic (exact) mass is 522 g/mol. The third kappa shape index (κ3) is 6.20. The molecule has 0 fully saturated rings. The SMILES string of the molecule is CCCCC1=NC(C)N(Cc2ccc(OC)cc2)C=C1Cc1ccc(-c2ccccc2-c2noc(=O)[nH]2)cc1. The van der Waals surface area contributed by atoms with E-state index in [0.29, 0.717) is 5.82 Å². The number of hydrogen-bond acceptors (Lipinski definition) is 6. The van der Waals surface area contributed by atoms with Gasteiger partial charge >= 0.3 is 5.76 Å². The van der Waals surface area contributed by atoms with Gasteiger partial charge in [0.2, 0.25) is 0 Å². The number of rotatable bonds is 10. The molecule has 0 bridgehead atoms. The predicted molar refractivity (Wildman–Crippen MR) is 155 cm³/mol. The van der Waals surface area contributed by atoms with Crippen LogP contribution in [-0.2, 0) is 13.0 Å². The highest BCUT2D eigenvalue weighted by Crippen LogP contribution is 2.31. The van der Waals surface area contributed by atoms with E-state index in [1.807, 2.05) is 36.4 Å². The van der Waals surface area contributed by atoms with Gasteiger partial charge in [-0.3, -0.25) is 14.5 Å². The smallest absolute Gasteiger partial charge is 0.439 e. The van der Waals surface area contributed by atoms with Crippen LogP contribution in [-0.4, -0.2) is 34.0 Å². The first-order valence-electron chi connectivity index (χ1n) is 13.4. The molecule has 2 heterocycles. The molecular weight excluding hydrogens is 488 g/mol. The van der Waals surface area contributed by atoms with E-state index in [2.05, 4.69) is 71.5 Å². The summed E-state index contributed by atoms with van der Waals surface area (Å²) < 4.78 is 10.0. The number of aromatic nitrogens is 2. The average molecular weight is 523 g/mol. The Morgan fingerprint density at radius 1 is 0.974 bits per heavy atom. The van der Waals surface area contributed by atoms with Crippen LogP contribution in [0.2, 0.25) is 0 Å². The molecule has 1 aliphatic rings. The molecule has 1 unspecified atom stereocenters. The number of hydrogen-bond donors (Lipinski definition) is 1. The summed E-state index contributed by atoms with van der Waals surface area (Å²) in [6.45, 7) is 5.17. The van der Waals surface area contributed by atoms with Gasteiger partial charge in [0.05, 0.1) is 7.11 Å². The Hall–Kier alpha value is -4.39. The molecule has 4 aromatic rings. The maximum Gasteiger partial charge on any atom is 0.439 e. The molecule has 5 rings (SSSR count). The quantitative estimate of drug-likeness (QED) is 0.253. The van der Waals surface area contributed by atoms with E-state index >= 15 is 0 Å². The largest absolute Gasteiger partial charge is 0.497 e. The van der Waals surface area contributed by atoms with E-state index in [1.54, 1.807) is 7.11 Å². The maximum absolute atomic E-state index is 11.5. The fourth-order valence-corrected chi connectivity index (χ4v) is 4.91. The standard InChI is InChI=1S/C32H34N4O3/c1-4-5-10-30-26(21-36(22(2)33-30)20-24-13-17-27(38-3)18-14-24)19-23-11-15-25(16-12-23)28-8-6-7-9-29(28)31-34-32(37)39-35-31/h6-9,11-18,21-22H,4-5,10,19-20H2,1-3H3,(H,34,35,37). The van der Waals surface area contributed by atoms with Crippen LogP contribution >= 0.6 is 0 Å². The van der Waals surface area contributed by atoms with Crippen molar-refractivity contribution in [3.63, 3.8) is 0 Å². The van der Waals surface area contributed by atoms with Crippen molar-refractivity contribution >= 4 is 5.71 Å². The van der Waals surface area contributed by atoms with Crippen molar-refractivity contribution in [3.8, 4) is 28.3 Å². The lowest BCUT2D eigenvalue weighted by Gasteiger charge is -2.32. The maximum atomic E-state index is 11.5. The molecule has 200 valence electrons. The number of nitrogens with one attached hydrogen (secondary N) is 1. The van der Waals surface area contributed by atoms with Crippen LogP contribution in [0.5, 0.6) is 5.75 Å². The third-order valence-electron chi connectivity index (χ3n) is 7.09. The molecule has 1 aliphatic heterocycles. The van der Waals surface area contributed by atoms with Crippen molar-refractivity contribution in [3.05, 3.63) is 106 Å². The normalized spacial score (nSPS) is 15.2. The molecule has 7 nitrogen and oxygen atoms in total. The van der Waals surface area contributed by atoms with Gasteiger partial charge in [-0.1, -0.05) is 79.2 Å². The summed E-state index contributed by atoms with van der Waals surface area (Å²) in [6, 6.07) is 24.7. The summed E-state index contributed by atoms with van der Waals surface area (Å²) in [5.41, 5.74) is 7.77. The highest BCUT2D eigenvalue weighted by molar-refractivity contribution is 6.01. The summed E-state index contributed by atoms with van der Waals surface area (Å²) in [7, 11) is 1.69. The molecule has 7 heteroatoms. The molecule has 3 aromatic carbocycles. The van der Waals surface area contributed by atoms with Gasteiger partial charge in [0.25, 0.3) is 0 Å². The van der Waals surface area contributed by atoms with Crippen molar-refractivity contribution in [1.82, 2.24) is 15.0 Å². The van der Waals surface area contributed by atoms with E-state index in [9.17, 15) is 4.79 Å². The van der Waals surface area contributed by atoms with Crippen LogP contribution in [0.1, 0.15) is 44.2 Å². The van der Waals surface area contributed by atoms with Crippen molar-refractivity contribution in [1.29, 1.82) is 0 Å². The van der Waals surface area contributed by atoms with Crippen LogP contribution in [0.4, 0.5) is 0 Å². The summed E-state index contributed by atoms with van der Waals surface area (Å²) in [5.74, 6) is 0.726. The van der Waals surface area contributed by atoms with Gasteiger partial charge in [-0.2, -0.15) is 0 Å². The van der Waals surface area contributed by atoms with Crippen molar-refractivity contribution in [2.24, 2.45) is 4.99 Å². The average Bonchev–Trinajstić information content (AvgIpc) is 3.40. The molecule has 1 N–H and O–H groups in total. The van der Waals surface area contributed by atoms with Gasteiger partial charge < -0.3 is 9.64 Å². The molecule has 0 radical (unpaired) electrons. The lowest BCUT2D eigenvalue weighted by molar-refractivity contribution is 0.286. The second kappa shape index (κ2) is 12.0. The van der Waals surface area contributed by atoms with E-state index in [4.69, 9.17) is 14.3 Å². The summed E-state index contributed by atoms with van der Waals surface area (Å²) in [5, 5.41) is 3.88. The number of nitrogens with zero attached hydrogens (tertiary/aromatic N) is 3. The Kier molecular flexibility index (Phi) is 8.06. The number of H-pyrrole nitrogens is 1. The van der Waals surface area contributed by atoms with Crippen LogP contribution in [0, 0.1) is 0 Å². The minimum Gasteiger partial charge on any atom is -0.497 e. The Bertz CT molecular complexity index is 1510. The van der Waals surface area contributed by atoms with Gasteiger partial charge in [0.1, 0.15) is 11.9 Å². The molecule has 39 heavy (non-hydrogen) atoms. The van der Waals surface area contributed by atoms with Gasteiger partial charge in [0, 0.05) is 30.4 Å². The van der Waals surface area contributed by atoms with Gasteiger partial charge in [0.15, 0.2) is 5.82 Å². The summed E-state index contributed by atoms with van der Waals surface area (Å²) in [6.07, 6.45) is 6.46. The molecular formula is C32H34N4O3. The van der Waals surface area contributed by atoms with Crippen molar-refractivity contribution in [2.45, 2.75) is 52.2 Å². The molecule has 0 spiro atoms. The lowest BCUT2D eigenvalue weighted by Crippen LogP contribution is -2.32. The zero-order chi connectivity index (χ0) is 27.2. The highest BCUT2D eigenvalue weighted by atomic mass is 16.5. The zero-order valence-corrected chi connectivity index (χ0v) is 22.7. The van der Waals surface area contributed by atoms with Crippen molar-refractivity contribution < 1.29 is 9.26 Å². The highest BCUT2D eigenvalue weighted by Gasteiger charge is 2.21. The molecule has 0 saturated carbocycles. The first-order chi connectivity index (χ1) is 19.0. The van der Waals surface area contributed by atoms with E-state index in [-0.39, 0.29) is 6.17 Å². The van der Waals surface area contributed by atoms with Crippen LogP contribution in [0.15, 0.2) is 98.9 Å². The van der Waals surface area contributed by atoms with E-state index in [1.165, 1.54) is 22.4 Å². The third-order valence-corrected chi connectivity index (χ3v) is 7.09. The summed E-state index contributed by atoms with van der Waals surface area (Å²) >= 11 is 0. The predicted octanol–water partition coefficient (Wildman–Crippen LogP) is 6.62. The number of aliphatic imine (C=N–C) groups is 1. The fourth-order valence-electron chi connectivity index (χ4n) is 4.91. The first-order valence-corrected chi connectivity index (χ1v) is 13.4. The van der Waals surface area contributed by atoms with Gasteiger partial charge in [-0.25, -0.2) is 4.79 Å². The number of benzene rings is 3. The molecule has 0 aliphatic carbocycles. The Morgan fingerprint density at radius 3 is 2.36 bits per heavy atom. The van der Waals surface area contributed by atoms with E-state index in [0.717, 1.165) is 54.7 Å². The fraction of sp³-hybridized carbons (Fsp3) is 0.281. The minimum atomic E-state index is -0.563. The van der Waals surface area contributed by atoms with Crippen LogP contribution in [0.25, 0.3) is 22.5 Å². The minimum absolute atomic E-state index is 0.0876. The molecule has 1 aromatic heterocycles. The number of aromatic amines is 1. The molecule has 0 amide bonds. The summed E-state index contributed by atoms with van der Waals surface area (Å²) in [4.78, 5) is 21.6. The Labute approximate surface area is 228 Å². The lowest BCUT2D eigenvalue weighted by atomic mass is 9.94. The van der Waals surface area contributed by atoms with E-state index < -0.39 is 5.76 Å². The Balaban J connectivity index is 1.38. The number of unbranched alkanes of at least 4 members (excludes halogenated alkanes) is 1. The number of methoxy groups -OCH3 is 1.